The average molecular weight is 618 g/mol. The number of aromatic nitrogens is 3. The molecule has 232 valence electrons. The Hall–Kier alpha value is -3.77. The second-order valence-corrected chi connectivity index (χ2v) is 11.5. The molecule has 2 aromatic carbocycles. The molecule has 0 fully saturated rings. The largest absolute Gasteiger partial charge is 0.494 e. The summed E-state index contributed by atoms with van der Waals surface area (Å²) in [6, 6.07) is 8.20. The van der Waals surface area contributed by atoms with Crippen LogP contribution in [0.2, 0.25) is 0 Å². The molecule has 0 spiro atoms. The molecule has 0 unspecified atom stereocenters. The van der Waals surface area contributed by atoms with Crippen molar-refractivity contribution < 1.29 is 31.7 Å². The van der Waals surface area contributed by atoms with E-state index in [2.05, 4.69) is 20.6 Å². The third-order valence-corrected chi connectivity index (χ3v) is 7.87. The molecule has 14 heteroatoms. The first kappa shape index (κ1) is 32.2. The summed E-state index contributed by atoms with van der Waals surface area (Å²) in [6.45, 7) is 7.47. The van der Waals surface area contributed by atoms with E-state index in [9.17, 15) is 13.8 Å². The summed E-state index contributed by atoms with van der Waals surface area (Å²) >= 11 is 0. The Labute approximate surface area is 249 Å². The van der Waals surface area contributed by atoms with Gasteiger partial charge in [-0.25, -0.2) is 23.3 Å². The smallest absolute Gasteiger partial charge is 0.476 e. The van der Waals surface area contributed by atoms with Crippen LogP contribution in [0.4, 0.5) is 27.5 Å². The number of methoxy groups -OCH3 is 1. The normalized spacial score (nSPS) is 11.7. The molecule has 0 saturated carbocycles. The van der Waals surface area contributed by atoms with Gasteiger partial charge >= 0.3 is 13.6 Å². The number of unbranched alkanes of at least 4 members (excludes halogenated alkanes) is 2. The molecule has 0 atom stereocenters. The van der Waals surface area contributed by atoms with Gasteiger partial charge in [-0.15, -0.1) is 0 Å². The van der Waals surface area contributed by atoms with Crippen molar-refractivity contribution in [2.24, 2.45) is 0 Å². The second kappa shape index (κ2) is 14.6. The highest BCUT2D eigenvalue weighted by Gasteiger charge is 2.27. The summed E-state index contributed by atoms with van der Waals surface area (Å²) in [4.78, 5) is 21.6. The zero-order valence-corrected chi connectivity index (χ0v) is 25.8. The minimum Gasteiger partial charge on any atom is -0.494 e. The molecule has 12 nitrogen and oxygen atoms in total. The van der Waals surface area contributed by atoms with Crippen LogP contribution in [0.25, 0.3) is 11.1 Å². The zero-order valence-electron chi connectivity index (χ0n) is 24.9. The zero-order chi connectivity index (χ0) is 31.0. The number of oxazole rings is 1. The Bertz CT molecular complexity index is 1640. The molecular weight excluding hydrogens is 580 g/mol. The maximum atomic E-state index is 14.2. The van der Waals surface area contributed by atoms with Crippen LogP contribution in [0.5, 0.6) is 5.75 Å². The maximum Gasteiger partial charge on any atom is 0.476 e. The van der Waals surface area contributed by atoms with Crippen LogP contribution in [0.3, 0.4) is 0 Å². The summed E-state index contributed by atoms with van der Waals surface area (Å²) in [7, 11) is -2.51. The number of anilines is 4. The molecule has 0 aliphatic heterocycles. The SMILES string of the molecule is CCCCOP(=O)(OCCCC)OCn1c(=O)oc2ccc(Nc3nc(Nc4cc(C)c(F)c(OC)c4)ncc3C)cc21. The average Bonchev–Trinajstić information content (AvgIpc) is 3.30. The van der Waals surface area contributed by atoms with Crippen LogP contribution >= 0.6 is 7.82 Å². The Morgan fingerprint density at radius 1 is 0.977 bits per heavy atom. The summed E-state index contributed by atoms with van der Waals surface area (Å²) in [6.07, 6.45) is 4.71. The van der Waals surface area contributed by atoms with Crippen molar-refractivity contribution in [1.29, 1.82) is 0 Å². The molecule has 0 aliphatic carbocycles. The van der Waals surface area contributed by atoms with Crippen molar-refractivity contribution in [2.75, 3.05) is 31.0 Å². The predicted octanol–water partition coefficient (Wildman–Crippen LogP) is 7.35. The molecule has 0 radical (unpaired) electrons. The molecule has 4 aromatic rings. The lowest BCUT2D eigenvalue weighted by molar-refractivity contribution is 0.0870. The first-order valence-electron chi connectivity index (χ1n) is 14.0. The van der Waals surface area contributed by atoms with Crippen LogP contribution < -0.4 is 21.1 Å². The number of rotatable bonds is 16. The fourth-order valence-corrected chi connectivity index (χ4v) is 5.18. The van der Waals surface area contributed by atoms with E-state index in [-0.39, 0.29) is 24.9 Å². The van der Waals surface area contributed by atoms with Crippen LogP contribution in [-0.4, -0.2) is 34.9 Å². The van der Waals surface area contributed by atoms with Gasteiger partial charge in [0.05, 0.1) is 25.8 Å². The lowest BCUT2D eigenvalue weighted by Gasteiger charge is -2.18. The van der Waals surface area contributed by atoms with Crippen LogP contribution in [-0.2, 0) is 24.9 Å². The number of nitrogens with zero attached hydrogens (tertiary/aromatic N) is 3. The van der Waals surface area contributed by atoms with Gasteiger partial charge in [0.25, 0.3) is 0 Å². The number of hydrogen-bond donors (Lipinski definition) is 2. The quantitative estimate of drug-likeness (QED) is 0.0963. The number of hydrogen-bond acceptors (Lipinski definition) is 11. The number of benzene rings is 2. The van der Waals surface area contributed by atoms with Crippen molar-refractivity contribution in [1.82, 2.24) is 14.5 Å². The molecule has 0 aliphatic rings. The standard InChI is InChI=1S/C29H37FN5O7P/c1-6-8-12-39-43(37,40-13-9-7-2)41-18-35-23-15-21(10-11-24(23)42-29(35)36)32-27-20(4)17-31-28(34-27)33-22-14-19(3)26(30)25(16-22)38-5/h10-11,14-17H,6-9,12-13,18H2,1-5H3,(H2,31,32,33,34). The van der Waals surface area contributed by atoms with E-state index in [4.69, 9.17) is 22.7 Å². The fourth-order valence-electron chi connectivity index (χ4n) is 4.00. The van der Waals surface area contributed by atoms with E-state index >= 15 is 0 Å². The molecular formula is C29H37FN5O7P. The van der Waals surface area contributed by atoms with E-state index in [1.54, 1.807) is 37.4 Å². The molecule has 0 saturated heterocycles. The van der Waals surface area contributed by atoms with Gasteiger partial charge in [-0.2, -0.15) is 4.98 Å². The third-order valence-electron chi connectivity index (χ3n) is 6.44. The Balaban J connectivity index is 1.54. The van der Waals surface area contributed by atoms with Crippen molar-refractivity contribution in [3.8, 4) is 5.75 Å². The highest BCUT2D eigenvalue weighted by molar-refractivity contribution is 7.48. The van der Waals surface area contributed by atoms with Gasteiger partial charge in [0.2, 0.25) is 5.95 Å². The first-order chi connectivity index (χ1) is 20.7. The summed E-state index contributed by atoms with van der Waals surface area (Å²) in [5.74, 6) is -0.245. The summed E-state index contributed by atoms with van der Waals surface area (Å²) in [5.41, 5.74) is 3.03. The minimum atomic E-state index is -3.91. The fraction of sp³-hybridized carbons (Fsp3) is 0.414. The number of nitrogens with one attached hydrogen (secondary N) is 2. The van der Waals surface area contributed by atoms with Gasteiger partial charge in [0.1, 0.15) is 12.5 Å². The number of phosphoric ester groups is 1. The van der Waals surface area contributed by atoms with E-state index < -0.39 is 26.1 Å². The highest BCUT2D eigenvalue weighted by Crippen LogP contribution is 2.50. The lowest BCUT2D eigenvalue weighted by atomic mass is 10.2. The van der Waals surface area contributed by atoms with Crippen molar-refractivity contribution in [3.63, 3.8) is 0 Å². The van der Waals surface area contributed by atoms with E-state index in [1.165, 1.54) is 17.7 Å². The molecule has 43 heavy (non-hydrogen) atoms. The number of halogens is 1. The van der Waals surface area contributed by atoms with Gasteiger partial charge in [0, 0.05) is 29.2 Å². The van der Waals surface area contributed by atoms with Crippen LogP contribution in [0, 0.1) is 19.7 Å². The van der Waals surface area contributed by atoms with E-state index in [1.807, 2.05) is 20.8 Å². The first-order valence-corrected chi connectivity index (χ1v) is 15.5. The van der Waals surface area contributed by atoms with Gasteiger partial charge < -0.3 is 19.8 Å². The number of ether oxygens (including phenoxy) is 1. The Morgan fingerprint density at radius 3 is 2.37 bits per heavy atom. The van der Waals surface area contributed by atoms with Gasteiger partial charge in [-0.3, -0.25) is 13.6 Å². The highest BCUT2D eigenvalue weighted by atomic mass is 31.2. The number of phosphoric acid groups is 1. The van der Waals surface area contributed by atoms with E-state index in [0.29, 0.717) is 46.7 Å². The second-order valence-electron chi connectivity index (χ2n) is 9.84. The summed E-state index contributed by atoms with van der Waals surface area (Å²) in [5, 5.41) is 6.31. The molecule has 0 amide bonds. The van der Waals surface area contributed by atoms with Crippen molar-refractivity contribution in [3.05, 3.63) is 64.0 Å². The van der Waals surface area contributed by atoms with Crippen molar-refractivity contribution in [2.45, 2.75) is 60.1 Å². The number of aryl methyl sites for hydroxylation is 2. The molecule has 0 bridgehead atoms. The maximum absolute atomic E-state index is 14.2. The van der Waals surface area contributed by atoms with Gasteiger partial charge in [0.15, 0.2) is 17.1 Å². The topological polar surface area (TPSA) is 139 Å². The summed E-state index contributed by atoms with van der Waals surface area (Å²) < 4.78 is 55.6. The van der Waals surface area contributed by atoms with Gasteiger partial charge in [-0.1, -0.05) is 26.7 Å². The van der Waals surface area contributed by atoms with Crippen molar-refractivity contribution >= 4 is 42.1 Å². The molecule has 2 N–H and O–H groups in total. The Morgan fingerprint density at radius 2 is 1.70 bits per heavy atom. The molecule has 2 heterocycles. The molecule has 2 aromatic heterocycles. The van der Waals surface area contributed by atoms with Crippen LogP contribution in [0.15, 0.2) is 45.7 Å². The lowest BCUT2D eigenvalue weighted by Crippen LogP contribution is -2.16. The monoisotopic (exact) mass is 617 g/mol. The minimum absolute atomic E-state index is 0.104. The third kappa shape index (κ3) is 8.20. The predicted molar refractivity (Wildman–Crippen MR) is 162 cm³/mol. The van der Waals surface area contributed by atoms with E-state index in [0.717, 1.165) is 18.4 Å². The molecule has 4 rings (SSSR count). The number of fused-ring (bicyclic) bond motifs is 1. The Kier molecular flexibility index (Phi) is 10.9. The van der Waals surface area contributed by atoms with Crippen LogP contribution in [0.1, 0.15) is 50.7 Å². The van der Waals surface area contributed by atoms with Gasteiger partial charge in [-0.05, 0) is 56.5 Å².